The highest BCUT2D eigenvalue weighted by molar-refractivity contribution is 5.76. The van der Waals surface area contributed by atoms with Crippen molar-refractivity contribution in [3.05, 3.63) is 23.9 Å². The number of carbonyl (C=O) groups is 1. The summed E-state index contributed by atoms with van der Waals surface area (Å²) in [5.74, 6) is 0.632. The van der Waals surface area contributed by atoms with Gasteiger partial charge in [-0.25, -0.2) is 4.98 Å². The van der Waals surface area contributed by atoms with Crippen LogP contribution < -0.4 is 11.1 Å². The lowest BCUT2D eigenvalue weighted by Crippen LogP contribution is -2.39. The second-order valence-corrected chi connectivity index (χ2v) is 5.39. The molecule has 1 amide bonds. The average Bonchev–Trinajstić information content (AvgIpc) is 2.94. The van der Waals surface area contributed by atoms with Crippen molar-refractivity contribution in [1.29, 1.82) is 0 Å². The summed E-state index contributed by atoms with van der Waals surface area (Å²) in [6.45, 7) is 3.99. The molecule has 0 bridgehead atoms. The van der Waals surface area contributed by atoms with Crippen LogP contribution in [0.2, 0.25) is 0 Å². The summed E-state index contributed by atoms with van der Waals surface area (Å²) < 4.78 is 0. The first-order valence-electron chi connectivity index (χ1n) is 7.40. The lowest BCUT2D eigenvalue weighted by atomic mass is 10.1. The van der Waals surface area contributed by atoms with Crippen LogP contribution in [0.15, 0.2) is 18.3 Å². The van der Waals surface area contributed by atoms with Crippen molar-refractivity contribution in [1.82, 2.24) is 9.88 Å². The minimum atomic E-state index is -0.255. The first-order chi connectivity index (χ1) is 9.69. The summed E-state index contributed by atoms with van der Waals surface area (Å²) >= 11 is 0. The molecule has 1 aromatic rings. The van der Waals surface area contributed by atoms with Crippen molar-refractivity contribution in [3.63, 3.8) is 0 Å². The van der Waals surface area contributed by atoms with Gasteiger partial charge in [-0.1, -0.05) is 18.9 Å². The zero-order valence-electron chi connectivity index (χ0n) is 12.1. The molecule has 0 spiro atoms. The van der Waals surface area contributed by atoms with Crippen LogP contribution in [0.3, 0.4) is 0 Å². The Balaban J connectivity index is 2.00. The third-order valence-corrected chi connectivity index (χ3v) is 3.77. The van der Waals surface area contributed by atoms with E-state index in [1.54, 1.807) is 0 Å². The fraction of sp³-hybridized carbons (Fsp3) is 0.600. The first-order valence-corrected chi connectivity index (χ1v) is 7.40. The number of hydrogen-bond acceptors (Lipinski definition) is 4. The topological polar surface area (TPSA) is 71.2 Å². The van der Waals surface area contributed by atoms with E-state index in [1.807, 2.05) is 19.2 Å². The van der Waals surface area contributed by atoms with Crippen LogP contribution in [0.5, 0.6) is 0 Å². The summed E-state index contributed by atoms with van der Waals surface area (Å²) in [6, 6.07) is 4.53. The molecule has 3 N–H and O–H groups in total. The Labute approximate surface area is 120 Å². The molecule has 1 aliphatic carbocycles. The molecular formula is C15H24N4O. The van der Waals surface area contributed by atoms with E-state index in [0.29, 0.717) is 12.6 Å². The van der Waals surface area contributed by atoms with Gasteiger partial charge < -0.3 is 11.1 Å². The van der Waals surface area contributed by atoms with E-state index in [-0.39, 0.29) is 5.91 Å². The fourth-order valence-electron chi connectivity index (χ4n) is 2.82. The Bertz CT molecular complexity index is 426. The Morgan fingerprint density at radius 1 is 1.45 bits per heavy atom. The summed E-state index contributed by atoms with van der Waals surface area (Å²) in [6.07, 6.45) is 6.70. The number of aromatic nitrogens is 1. The van der Waals surface area contributed by atoms with Crippen LogP contribution in [0, 0.1) is 0 Å². The average molecular weight is 276 g/mol. The van der Waals surface area contributed by atoms with Crippen LogP contribution >= 0.6 is 0 Å². The number of hydrogen-bond donors (Lipinski definition) is 2. The number of primary amides is 1. The van der Waals surface area contributed by atoms with Gasteiger partial charge in [0.2, 0.25) is 5.91 Å². The Hall–Kier alpha value is -1.62. The highest BCUT2D eigenvalue weighted by atomic mass is 16.1. The smallest absolute Gasteiger partial charge is 0.231 e. The number of anilines is 1. The molecule has 1 fully saturated rings. The molecule has 0 radical (unpaired) electrons. The van der Waals surface area contributed by atoms with E-state index in [1.165, 1.54) is 12.8 Å². The molecule has 1 heterocycles. The quantitative estimate of drug-likeness (QED) is 0.796. The molecule has 1 aliphatic rings. The molecular weight excluding hydrogens is 252 g/mol. The van der Waals surface area contributed by atoms with Crippen molar-refractivity contribution >= 4 is 11.7 Å². The van der Waals surface area contributed by atoms with E-state index in [9.17, 15) is 4.79 Å². The molecule has 0 unspecified atom stereocenters. The summed E-state index contributed by atoms with van der Waals surface area (Å²) in [7, 11) is 0. The van der Waals surface area contributed by atoms with Crippen LogP contribution in [-0.2, 0) is 11.3 Å². The van der Waals surface area contributed by atoms with Crippen LogP contribution in [0.25, 0.3) is 0 Å². The normalized spacial score (nSPS) is 15.7. The summed E-state index contributed by atoms with van der Waals surface area (Å²) in [5, 5.41) is 3.18. The van der Waals surface area contributed by atoms with Crippen LogP contribution in [0.1, 0.15) is 38.2 Å². The highest BCUT2D eigenvalue weighted by Crippen LogP contribution is 2.24. The number of nitrogens with two attached hydrogens (primary N) is 1. The van der Waals surface area contributed by atoms with E-state index < -0.39 is 0 Å². The SMILES string of the molecule is CCNc1ccc(CN(CC(N)=O)C2CCCC2)cn1. The predicted octanol–water partition coefficient (Wildman–Crippen LogP) is 1.74. The second-order valence-electron chi connectivity index (χ2n) is 5.39. The number of nitrogens with one attached hydrogen (secondary N) is 1. The van der Waals surface area contributed by atoms with Crippen molar-refractivity contribution < 1.29 is 4.79 Å². The number of pyridine rings is 1. The second kappa shape index (κ2) is 7.24. The third-order valence-electron chi connectivity index (χ3n) is 3.77. The molecule has 5 nitrogen and oxygen atoms in total. The van der Waals surface area contributed by atoms with E-state index >= 15 is 0 Å². The molecule has 1 aromatic heterocycles. The molecule has 0 atom stereocenters. The molecule has 110 valence electrons. The van der Waals surface area contributed by atoms with Gasteiger partial charge in [0.25, 0.3) is 0 Å². The standard InChI is InChI=1S/C15H24N4O/c1-2-17-15-8-7-12(9-18-15)10-19(11-14(16)20)13-5-3-4-6-13/h7-9,13H,2-6,10-11H2,1H3,(H2,16,20)(H,17,18). The van der Waals surface area contributed by atoms with Gasteiger partial charge in [0, 0.05) is 25.3 Å². The van der Waals surface area contributed by atoms with Crippen molar-refractivity contribution in [3.8, 4) is 0 Å². The van der Waals surface area contributed by atoms with Gasteiger partial charge >= 0.3 is 0 Å². The van der Waals surface area contributed by atoms with E-state index in [4.69, 9.17) is 5.73 Å². The maximum atomic E-state index is 11.3. The highest BCUT2D eigenvalue weighted by Gasteiger charge is 2.23. The van der Waals surface area contributed by atoms with Gasteiger partial charge in [-0.15, -0.1) is 0 Å². The molecule has 0 aliphatic heterocycles. The Morgan fingerprint density at radius 2 is 2.20 bits per heavy atom. The fourth-order valence-corrected chi connectivity index (χ4v) is 2.82. The maximum Gasteiger partial charge on any atom is 0.231 e. The Kier molecular flexibility index (Phi) is 5.35. The van der Waals surface area contributed by atoms with Crippen molar-refractivity contribution in [2.24, 2.45) is 5.73 Å². The zero-order valence-corrected chi connectivity index (χ0v) is 12.1. The number of rotatable bonds is 7. The van der Waals surface area contributed by atoms with Gasteiger partial charge in [0.05, 0.1) is 6.54 Å². The molecule has 0 aromatic carbocycles. The van der Waals surface area contributed by atoms with Crippen LogP contribution in [-0.4, -0.2) is 34.9 Å². The molecule has 1 saturated carbocycles. The number of amides is 1. The van der Waals surface area contributed by atoms with Gasteiger partial charge in [-0.2, -0.15) is 0 Å². The Morgan fingerprint density at radius 3 is 2.75 bits per heavy atom. The lowest BCUT2D eigenvalue weighted by Gasteiger charge is -2.27. The van der Waals surface area contributed by atoms with Crippen LogP contribution in [0.4, 0.5) is 5.82 Å². The van der Waals surface area contributed by atoms with E-state index in [2.05, 4.69) is 21.3 Å². The number of nitrogens with zero attached hydrogens (tertiary/aromatic N) is 2. The molecule has 20 heavy (non-hydrogen) atoms. The summed E-state index contributed by atoms with van der Waals surface area (Å²) in [5.41, 5.74) is 6.50. The number of carbonyl (C=O) groups excluding carboxylic acids is 1. The summed E-state index contributed by atoms with van der Waals surface area (Å²) in [4.78, 5) is 17.8. The van der Waals surface area contributed by atoms with Gasteiger partial charge in [-0.3, -0.25) is 9.69 Å². The lowest BCUT2D eigenvalue weighted by molar-refractivity contribution is -0.119. The zero-order chi connectivity index (χ0) is 14.4. The molecule has 5 heteroatoms. The molecule has 2 rings (SSSR count). The van der Waals surface area contributed by atoms with E-state index in [0.717, 1.165) is 37.3 Å². The van der Waals surface area contributed by atoms with Crippen molar-refractivity contribution in [2.75, 3.05) is 18.4 Å². The van der Waals surface area contributed by atoms with Gasteiger partial charge in [0.15, 0.2) is 0 Å². The predicted molar refractivity (Wildman–Crippen MR) is 80.3 cm³/mol. The maximum absolute atomic E-state index is 11.3. The third kappa shape index (κ3) is 4.20. The van der Waals surface area contributed by atoms with Gasteiger partial charge in [0.1, 0.15) is 5.82 Å². The minimum absolute atomic E-state index is 0.255. The first kappa shape index (κ1) is 14.8. The molecule has 0 saturated heterocycles. The van der Waals surface area contributed by atoms with Crippen molar-refractivity contribution in [2.45, 2.75) is 45.2 Å². The minimum Gasteiger partial charge on any atom is -0.370 e. The van der Waals surface area contributed by atoms with Gasteiger partial charge in [-0.05, 0) is 31.4 Å². The monoisotopic (exact) mass is 276 g/mol. The largest absolute Gasteiger partial charge is 0.370 e.